The van der Waals surface area contributed by atoms with Crippen molar-refractivity contribution in [2.75, 3.05) is 18.4 Å². The largest absolute Gasteiger partial charge is 0.351 e. The highest BCUT2D eigenvalue weighted by Gasteiger charge is 2.30. The number of H-pyrrole nitrogens is 1. The highest BCUT2D eigenvalue weighted by molar-refractivity contribution is 6.13. The number of hydrogen-bond acceptors (Lipinski definition) is 4. The first kappa shape index (κ1) is 22.7. The number of amides is 2. The molecule has 184 valence electrons. The van der Waals surface area contributed by atoms with Gasteiger partial charge in [0.15, 0.2) is 5.82 Å². The molecule has 3 heterocycles. The molecule has 36 heavy (non-hydrogen) atoms. The number of piperidine rings is 1. The van der Waals surface area contributed by atoms with Crippen molar-refractivity contribution in [1.29, 1.82) is 0 Å². The fourth-order valence-electron chi connectivity index (χ4n) is 5.09. The summed E-state index contributed by atoms with van der Waals surface area (Å²) in [7, 11) is 0. The molecule has 0 spiro atoms. The normalized spacial score (nSPS) is 16.9. The van der Waals surface area contributed by atoms with Crippen LogP contribution in [0.15, 0.2) is 54.7 Å². The van der Waals surface area contributed by atoms with Gasteiger partial charge in [-0.25, -0.2) is 4.98 Å². The van der Waals surface area contributed by atoms with Crippen molar-refractivity contribution in [1.82, 2.24) is 20.2 Å². The fraction of sp³-hybridized carbons (Fsp3) is 0.345. The van der Waals surface area contributed by atoms with Crippen molar-refractivity contribution in [3.05, 3.63) is 71.4 Å². The molecule has 1 aliphatic heterocycles. The molecule has 1 saturated carbocycles. The van der Waals surface area contributed by atoms with E-state index in [0.29, 0.717) is 11.4 Å². The fourth-order valence-corrected chi connectivity index (χ4v) is 5.09. The zero-order valence-corrected chi connectivity index (χ0v) is 20.5. The maximum absolute atomic E-state index is 13.1. The molecule has 2 aromatic heterocycles. The summed E-state index contributed by atoms with van der Waals surface area (Å²) >= 11 is 0. The Hall–Kier alpha value is -3.71. The van der Waals surface area contributed by atoms with Crippen LogP contribution in [0.2, 0.25) is 0 Å². The molecule has 0 unspecified atom stereocenters. The number of rotatable bonds is 6. The lowest BCUT2D eigenvalue weighted by atomic mass is 10.0. The molecule has 0 atom stereocenters. The SMILES string of the molecule is Cc1ccc(CN2CCC(NC(=O)c3ccc4c(c3)[nH]c3c(NC(=O)C5CC5)nccc34)CC2)cc1. The lowest BCUT2D eigenvalue weighted by Crippen LogP contribution is -2.44. The quantitative estimate of drug-likeness (QED) is 0.370. The van der Waals surface area contributed by atoms with Crippen LogP contribution in [0.4, 0.5) is 5.82 Å². The third-order valence-corrected chi connectivity index (χ3v) is 7.42. The molecule has 2 aromatic carbocycles. The number of carbonyl (C=O) groups excluding carboxylic acids is 2. The van der Waals surface area contributed by atoms with E-state index in [4.69, 9.17) is 0 Å². The second-order valence-electron chi connectivity index (χ2n) is 10.2. The van der Waals surface area contributed by atoms with E-state index in [1.807, 2.05) is 24.3 Å². The van der Waals surface area contributed by atoms with Gasteiger partial charge in [-0.05, 0) is 56.4 Å². The molecule has 0 bridgehead atoms. The van der Waals surface area contributed by atoms with E-state index in [9.17, 15) is 9.59 Å². The number of benzene rings is 2. The number of aryl methyl sites for hydroxylation is 1. The van der Waals surface area contributed by atoms with Crippen LogP contribution in [0, 0.1) is 12.8 Å². The molecular formula is C29H31N5O2. The molecule has 2 aliphatic rings. The summed E-state index contributed by atoms with van der Waals surface area (Å²) in [5.41, 5.74) is 4.90. The number of anilines is 1. The van der Waals surface area contributed by atoms with Crippen molar-refractivity contribution in [3.8, 4) is 0 Å². The maximum atomic E-state index is 13.1. The van der Waals surface area contributed by atoms with Gasteiger partial charge in [0, 0.05) is 59.6 Å². The van der Waals surface area contributed by atoms with Crippen molar-refractivity contribution < 1.29 is 9.59 Å². The van der Waals surface area contributed by atoms with E-state index < -0.39 is 0 Å². The molecule has 2 amide bonds. The predicted octanol–water partition coefficient (Wildman–Crippen LogP) is 4.77. The minimum atomic E-state index is -0.0482. The summed E-state index contributed by atoms with van der Waals surface area (Å²) in [5.74, 6) is 0.631. The Balaban J connectivity index is 1.11. The van der Waals surface area contributed by atoms with Gasteiger partial charge in [-0.15, -0.1) is 0 Å². The number of aromatic amines is 1. The summed E-state index contributed by atoms with van der Waals surface area (Å²) in [6.07, 6.45) is 5.49. The van der Waals surface area contributed by atoms with Crippen molar-refractivity contribution in [3.63, 3.8) is 0 Å². The summed E-state index contributed by atoms with van der Waals surface area (Å²) in [5, 5.41) is 8.18. The zero-order chi connectivity index (χ0) is 24.6. The average molecular weight is 482 g/mol. The lowest BCUT2D eigenvalue weighted by Gasteiger charge is -2.32. The summed E-state index contributed by atoms with van der Waals surface area (Å²) in [6, 6.07) is 16.6. The van der Waals surface area contributed by atoms with Gasteiger partial charge in [-0.1, -0.05) is 35.9 Å². The molecule has 2 fully saturated rings. The number of carbonyl (C=O) groups is 2. The van der Waals surface area contributed by atoms with Crippen LogP contribution in [-0.2, 0) is 11.3 Å². The first-order chi connectivity index (χ1) is 17.5. The van der Waals surface area contributed by atoms with Crippen molar-refractivity contribution in [2.24, 2.45) is 5.92 Å². The molecule has 7 nitrogen and oxygen atoms in total. The van der Waals surface area contributed by atoms with Crippen LogP contribution in [0.1, 0.15) is 47.2 Å². The molecule has 1 saturated heterocycles. The number of pyridine rings is 1. The van der Waals surface area contributed by atoms with Gasteiger partial charge in [-0.3, -0.25) is 14.5 Å². The summed E-state index contributed by atoms with van der Waals surface area (Å²) in [6.45, 7) is 5.01. The van der Waals surface area contributed by atoms with E-state index in [-0.39, 0.29) is 23.8 Å². The minimum absolute atomic E-state index is 0.0265. The summed E-state index contributed by atoms with van der Waals surface area (Å²) in [4.78, 5) is 35.5. The highest BCUT2D eigenvalue weighted by atomic mass is 16.2. The van der Waals surface area contributed by atoms with Crippen LogP contribution in [-0.4, -0.2) is 45.8 Å². The molecule has 4 aromatic rings. The number of nitrogens with zero attached hydrogens (tertiary/aromatic N) is 2. The Bertz CT molecular complexity index is 1430. The van der Waals surface area contributed by atoms with E-state index in [1.165, 1.54) is 11.1 Å². The van der Waals surface area contributed by atoms with E-state index >= 15 is 0 Å². The lowest BCUT2D eigenvalue weighted by molar-refractivity contribution is -0.117. The van der Waals surface area contributed by atoms with E-state index in [0.717, 1.165) is 67.1 Å². The first-order valence-electron chi connectivity index (χ1n) is 12.8. The molecule has 0 radical (unpaired) electrons. The van der Waals surface area contributed by atoms with Crippen LogP contribution >= 0.6 is 0 Å². The smallest absolute Gasteiger partial charge is 0.251 e. The number of fused-ring (bicyclic) bond motifs is 3. The number of aromatic nitrogens is 2. The molecule has 6 rings (SSSR count). The van der Waals surface area contributed by atoms with Crippen LogP contribution in [0.5, 0.6) is 0 Å². The topological polar surface area (TPSA) is 90.1 Å². The molecule has 1 aliphatic carbocycles. The minimum Gasteiger partial charge on any atom is -0.351 e. The van der Waals surface area contributed by atoms with Crippen molar-refractivity contribution >= 4 is 39.4 Å². The van der Waals surface area contributed by atoms with Gasteiger partial charge in [0.05, 0.1) is 5.52 Å². The molecular weight excluding hydrogens is 450 g/mol. The number of hydrogen-bond donors (Lipinski definition) is 3. The highest BCUT2D eigenvalue weighted by Crippen LogP contribution is 2.33. The Morgan fingerprint density at radius 3 is 2.53 bits per heavy atom. The maximum Gasteiger partial charge on any atom is 0.251 e. The monoisotopic (exact) mass is 481 g/mol. The van der Waals surface area contributed by atoms with Crippen LogP contribution < -0.4 is 10.6 Å². The van der Waals surface area contributed by atoms with Gasteiger partial charge in [0.25, 0.3) is 5.91 Å². The number of nitrogens with one attached hydrogen (secondary N) is 3. The van der Waals surface area contributed by atoms with Crippen molar-refractivity contribution in [2.45, 2.75) is 45.2 Å². The van der Waals surface area contributed by atoms with Crippen LogP contribution in [0.25, 0.3) is 21.8 Å². The Morgan fingerprint density at radius 1 is 1.00 bits per heavy atom. The number of likely N-dealkylation sites (tertiary alicyclic amines) is 1. The van der Waals surface area contributed by atoms with Gasteiger partial charge in [0.1, 0.15) is 0 Å². The third kappa shape index (κ3) is 4.71. The Morgan fingerprint density at radius 2 is 1.78 bits per heavy atom. The van der Waals surface area contributed by atoms with Gasteiger partial charge < -0.3 is 15.6 Å². The standard InChI is InChI=1S/C29H31N5O2/c1-18-2-4-19(5-3-18)17-34-14-11-22(12-15-34)31-29(36)21-8-9-23-24-10-13-30-27(26(24)32-25(23)16-21)33-28(35)20-6-7-20/h2-5,8-10,13,16,20,22,32H,6-7,11-12,14-15,17H2,1H3,(H,31,36)(H,30,33,35). The van der Waals surface area contributed by atoms with Gasteiger partial charge in [0.2, 0.25) is 5.91 Å². The summed E-state index contributed by atoms with van der Waals surface area (Å²) < 4.78 is 0. The first-order valence-corrected chi connectivity index (χ1v) is 12.8. The van der Waals surface area contributed by atoms with Gasteiger partial charge >= 0.3 is 0 Å². The van der Waals surface area contributed by atoms with Crippen LogP contribution in [0.3, 0.4) is 0 Å². The predicted molar refractivity (Wildman–Crippen MR) is 142 cm³/mol. The second-order valence-corrected chi connectivity index (χ2v) is 10.2. The molecule has 3 N–H and O–H groups in total. The second kappa shape index (κ2) is 9.39. The van der Waals surface area contributed by atoms with E-state index in [2.05, 4.69) is 56.7 Å². The zero-order valence-electron chi connectivity index (χ0n) is 20.5. The molecule has 7 heteroatoms. The Kier molecular flexibility index (Phi) is 5.93. The third-order valence-electron chi connectivity index (χ3n) is 7.42. The Labute approximate surface area is 210 Å². The van der Waals surface area contributed by atoms with Gasteiger partial charge in [-0.2, -0.15) is 0 Å². The average Bonchev–Trinajstić information content (AvgIpc) is 3.67. The van der Waals surface area contributed by atoms with E-state index in [1.54, 1.807) is 6.20 Å².